The van der Waals surface area contributed by atoms with E-state index in [9.17, 15) is 14.4 Å². The van der Waals surface area contributed by atoms with Crippen LogP contribution in [-0.2, 0) is 40.5 Å². The maximum Gasteiger partial charge on any atom is 0.408 e. The van der Waals surface area contributed by atoms with Crippen molar-refractivity contribution < 1.29 is 38.1 Å². The first-order valence-electron chi connectivity index (χ1n) is 17.8. The van der Waals surface area contributed by atoms with Gasteiger partial charge in [0.25, 0.3) is 5.91 Å². The molecule has 5 aromatic carbocycles. The van der Waals surface area contributed by atoms with Crippen molar-refractivity contribution in [2.45, 2.75) is 58.7 Å². The Hall–Kier alpha value is -6.29. The fourth-order valence-corrected chi connectivity index (χ4v) is 5.29. The molecular weight excluding hydrogens is 684 g/mol. The lowest BCUT2D eigenvalue weighted by Gasteiger charge is -2.23. The minimum atomic E-state index is -1.11. The minimum Gasteiger partial charge on any atom is -0.488 e. The van der Waals surface area contributed by atoms with E-state index in [1.807, 2.05) is 97.1 Å². The zero-order valence-corrected chi connectivity index (χ0v) is 30.8. The van der Waals surface area contributed by atoms with Gasteiger partial charge in [-0.3, -0.25) is 4.79 Å². The van der Waals surface area contributed by atoms with Gasteiger partial charge in [-0.05, 0) is 67.3 Å². The Morgan fingerprint density at radius 2 is 1.11 bits per heavy atom. The summed E-state index contributed by atoms with van der Waals surface area (Å²) in [6.07, 6.45) is -0.703. The Morgan fingerprint density at radius 3 is 1.69 bits per heavy atom. The lowest BCUT2D eigenvalue weighted by atomic mass is 10.1. The molecule has 5 rings (SSSR count). The predicted molar refractivity (Wildman–Crippen MR) is 205 cm³/mol. The molecule has 10 nitrogen and oxygen atoms in total. The van der Waals surface area contributed by atoms with E-state index in [1.165, 1.54) is 0 Å². The lowest BCUT2D eigenvalue weighted by molar-refractivity contribution is -0.146. The van der Waals surface area contributed by atoms with E-state index in [1.54, 1.807) is 57.2 Å². The normalized spacial score (nSPS) is 11.5. The van der Waals surface area contributed by atoms with E-state index in [0.29, 0.717) is 48.2 Å². The van der Waals surface area contributed by atoms with Crippen molar-refractivity contribution in [2.75, 3.05) is 13.2 Å². The van der Waals surface area contributed by atoms with Crippen LogP contribution in [0.25, 0.3) is 0 Å². The van der Waals surface area contributed by atoms with E-state index in [0.717, 1.165) is 16.7 Å². The molecule has 2 N–H and O–H groups in total. The van der Waals surface area contributed by atoms with Crippen LogP contribution in [-0.4, -0.2) is 42.8 Å². The summed E-state index contributed by atoms with van der Waals surface area (Å²) < 4.78 is 29.3. The van der Waals surface area contributed by atoms with Gasteiger partial charge in [0.05, 0.1) is 12.1 Å². The molecule has 0 unspecified atom stereocenters. The van der Waals surface area contributed by atoms with Crippen molar-refractivity contribution in [1.29, 1.82) is 0 Å². The number of hydrogen-bond acceptors (Lipinski definition) is 8. The van der Waals surface area contributed by atoms with E-state index < -0.39 is 23.7 Å². The molecule has 0 aromatic heterocycles. The van der Waals surface area contributed by atoms with Crippen molar-refractivity contribution in [1.82, 2.24) is 10.6 Å². The number of carbonyl (C=O) groups is 3. The number of alkyl carbamates (subject to hydrolysis) is 1. The first-order valence-corrected chi connectivity index (χ1v) is 17.8. The number of hydrogen-bond donors (Lipinski definition) is 2. The van der Waals surface area contributed by atoms with Gasteiger partial charge in [-0.15, -0.1) is 0 Å². The first-order chi connectivity index (χ1) is 26.1. The third-order valence-electron chi connectivity index (χ3n) is 7.90. The number of amides is 2. The largest absolute Gasteiger partial charge is 0.488 e. The van der Waals surface area contributed by atoms with Crippen LogP contribution in [0, 0.1) is 0 Å². The van der Waals surface area contributed by atoms with Gasteiger partial charge >= 0.3 is 12.1 Å². The number of carbonyl (C=O) groups excluding carboxylic acids is 3. The number of esters is 1. The summed E-state index contributed by atoms with van der Waals surface area (Å²) in [6.45, 7) is 6.03. The van der Waals surface area contributed by atoms with Gasteiger partial charge in [-0.25, -0.2) is 9.59 Å². The lowest BCUT2D eigenvalue weighted by Crippen LogP contribution is -2.46. The van der Waals surface area contributed by atoms with Crippen LogP contribution < -0.4 is 24.8 Å². The van der Waals surface area contributed by atoms with Gasteiger partial charge in [-0.1, -0.05) is 109 Å². The second-order valence-electron chi connectivity index (χ2n) is 13.4. The Labute approximate surface area is 316 Å². The van der Waals surface area contributed by atoms with Gasteiger partial charge in [0.1, 0.15) is 43.8 Å². The Bertz CT molecular complexity index is 1950. The second-order valence-corrected chi connectivity index (χ2v) is 13.4. The number of para-hydroxylation sites is 1. The van der Waals surface area contributed by atoms with Crippen LogP contribution >= 0.6 is 0 Å². The second kappa shape index (κ2) is 19.5. The van der Waals surface area contributed by atoms with E-state index in [2.05, 4.69) is 10.6 Å². The van der Waals surface area contributed by atoms with Crippen molar-refractivity contribution in [3.8, 4) is 17.2 Å². The molecule has 5 aromatic rings. The van der Waals surface area contributed by atoms with Crippen LogP contribution in [0.5, 0.6) is 17.2 Å². The van der Waals surface area contributed by atoms with Crippen molar-refractivity contribution in [2.24, 2.45) is 0 Å². The van der Waals surface area contributed by atoms with Gasteiger partial charge in [0.15, 0.2) is 11.5 Å². The highest BCUT2D eigenvalue weighted by molar-refractivity contribution is 5.96. The standard InChI is InChI=1S/C44H46N2O8/c1-44(2,3)54-43(49)46-37(42(48)50-26-25-45-41(47)36-21-13-14-22-38(36)51-29-32-15-7-4-8-16-32)27-35-23-24-39(52-30-33-17-9-5-10-18-33)40(28-35)53-31-34-19-11-6-12-20-34/h4-24,28,37H,25-27,29-31H2,1-3H3,(H,45,47)(H,46,49)/t37-/m0/s1. The minimum absolute atomic E-state index is 0.0294. The van der Waals surface area contributed by atoms with E-state index in [4.69, 9.17) is 23.7 Å². The molecule has 10 heteroatoms. The zero-order valence-electron chi connectivity index (χ0n) is 30.8. The zero-order chi connectivity index (χ0) is 38.2. The Kier molecular flexibility index (Phi) is 14.1. The summed E-state index contributed by atoms with van der Waals surface area (Å²) in [5.41, 5.74) is 3.18. The molecule has 0 aliphatic rings. The van der Waals surface area contributed by atoms with E-state index >= 15 is 0 Å². The highest BCUT2D eigenvalue weighted by atomic mass is 16.6. The van der Waals surface area contributed by atoms with Crippen LogP contribution in [0.1, 0.15) is 53.4 Å². The third-order valence-corrected chi connectivity index (χ3v) is 7.90. The maximum atomic E-state index is 13.5. The van der Waals surface area contributed by atoms with Crippen molar-refractivity contribution in [3.05, 3.63) is 161 Å². The number of rotatable bonds is 17. The maximum absolute atomic E-state index is 13.5. The van der Waals surface area contributed by atoms with Crippen molar-refractivity contribution in [3.63, 3.8) is 0 Å². The molecule has 280 valence electrons. The highest BCUT2D eigenvalue weighted by Gasteiger charge is 2.27. The van der Waals surface area contributed by atoms with Crippen LogP contribution in [0.15, 0.2) is 133 Å². The van der Waals surface area contributed by atoms with E-state index in [-0.39, 0.29) is 25.5 Å². The van der Waals surface area contributed by atoms with Gasteiger partial charge < -0.3 is 34.3 Å². The molecule has 2 amide bonds. The summed E-state index contributed by atoms with van der Waals surface area (Å²) >= 11 is 0. The SMILES string of the molecule is CC(C)(C)OC(=O)N[C@@H](Cc1ccc(OCc2ccccc2)c(OCc2ccccc2)c1)C(=O)OCCNC(=O)c1ccccc1OCc1ccccc1. The first kappa shape index (κ1) is 38.9. The smallest absolute Gasteiger partial charge is 0.408 e. The fraction of sp³-hybridized carbons (Fsp3) is 0.250. The molecule has 0 aliphatic heterocycles. The van der Waals surface area contributed by atoms with Crippen LogP contribution in [0.3, 0.4) is 0 Å². The third kappa shape index (κ3) is 12.7. The monoisotopic (exact) mass is 730 g/mol. The molecule has 54 heavy (non-hydrogen) atoms. The molecule has 0 saturated heterocycles. The molecule has 0 saturated carbocycles. The fourth-order valence-electron chi connectivity index (χ4n) is 5.29. The summed E-state index contributed by atoms with van der Waals surface area (Å²) in [4.78, 5) is 39.4. The summed E-state index contributed by atoms with van der Waals surface area (Å²) in [7, 11) is 0. The number of nitrogens with one attached hydrogen (secondary N) is 2. The number of benzene rings is 5. The molecule has 0 heterocycles. The quantitative estimate of drug-likeness (QED) is 0.0734. The molecule has 0 aliphatic carbocycles. The topological polar surface area (TPSA) is 121 Å². The summed E-state index contributed by atoms with van der Waals surface area (Å²) in [5, 5.41) is 5.44. The molecule has 1 atom stereocenters. The average molecular weight is 731 g/mol. The van der Waals surface area contributed by atoms with Gasteiger partial charge in [0.2, 0.25) is 0 Å². The molecule has 0 bridgehead atoms. The van der Waals surface area contributed by atoms with Gasteiger partial charge in [0, 0.05) is 6.42 Å². The van der Waals surface area contributed by atoms with Gasteiger partial charge in [-0.2, -0.15) is 0 Å². The van der Waals surface area contributed by atoms with Crippen LogP contribution in [0.4, 0.5) is 4.79 Å². The molecule has 0 spiro atoms. The molecule has 0 fully saturated rings. The number of ether oxygens (including phenoxy) is 5. The molecular formula is C44H46N2O8. The molecule has 0 radical (unpaired) electrons. The van der Waals surface area contributed by atoms with Crippen molar-refractivity contribution >= 4 is 18.0 Å². The Morgan fingerprint density at radius 1 is 0.593 bits per heavy atom. The van der Waals surface area contributed by atoms with Crippen LogP contribution in [0.2, 0.25) is 0 Å². The Balaban J connectivity index is 1.24. The highest BCUT2D eigenvalue weighted by Crippen LogP contribution is 2.31. The summed E-state index contributed by atoms with van der Waals surface area (Å²) in [5.74, 6) is 0.364. The average Bonchev–Trinajstić information content (AvgIpc) is 3.17. The predicted octanol–water partition coefficient (Wildman–Crippen LogP) is 7.83. The summed E-state index contributed by atoms with van der Waals surface area (Å²) in [6, 6.07) is 40.4.